The van der Waals surface area contributed by atoms with E-state index in [1.807, 2.05) is 67.7 Å². The minimum atomic E-state index is 0.0106. The molecule has 0 atom stereocenters. The first-order valence-corrected chi connectivity index (χ1v) is 12.8. The molecule has 0 N–H and O–H groups in total. The third kappa shape index (κ3) is 7.04. The van der Waals surface area contributed by atoms with Crippen molar-refractivity contribution in [3.8, 4) is 0 Å². The highest BCUT2D eigenvalue weighted by Crippen LogP contribution is 2.24. The Hall–Kier alpha value is -2.94. The van der Waals surface area contributed by atoms with E-state index in [1.165, 1.54) is 0 Å². The summed E-state index contributed by atoms with van der Waals surface area (Å²) in [4.78, 5) is 28.9. The smallest absolute Gasteiger partial charge is 0.253 e. The van der Waals surface area contributed by atoms with Gasteiger partial charge in [0, 0.05) is 64.3 Å². The van der Waals surface area contributed by atoms with Crippen molar-refractivity contribution in [3.05, 3.63) is 83.0 Å². The van der Waals surface area contributed by atoms with Gasteiger partial charge in [-0.2, -0.15) is 0 Å². The predicted octanol–water partition coefficient (Wildman–Crippen LogP) is 3.94. The number of ether oxygens (including phenoxy) is 1. The molecule has 1 aromatic heterocycles. The van der Waals surface area contributed by atoms with Crippen molar-refractivity contribution < 1.29 is 9.53 Å². The highest BCUT2D eigenvalue weighted by Gasteiger charge is 2.18. The first-order chi connectivity index (χ1) is 17.0. The fraction of sp³-hybridized carbons (Fsp3) is 0.370. The summed E-state index contributed by atoms with van der Waals surface area (Å²) in [5.74, 6) is 1.65. The van der Waals surface area contributed by atoms with Crippen LogP contribution in [-0.4, -0.2) is 73.1 Å². The lowest BCUT2D eigenvalue weighted by Crippen LogP contribution is -2.44. The van der Waals surface area contributed by atoms with Crippen molar-refractivity contribution >= 4 is 23.5 Å². The summed E-state index contributed by atoms with van der Waals surface area (Å²) in [6, 6.07) is 19.9. The molecule has 1 fully saturated rings. The van der Waals surface area contributed by atoms with Crippen LogP contribution in [-0.2, 0) is 23.6 Å². The lowest BCUT2D eigenvalue weighted by molar-refractivity contribution is 0.0785. The van der Waals surface area contributed by atoms with E-state index >= 15 is 0 Å². The van der Waals surface area contributed by atoms with Crippen molar-refractivity contribution in [1.82, 2.24) is 19.8 Å². The molecule has 0 spiro atoms. The molecule has 0 unspecified atom stereocenters. The summed E-state index contributed by atoms with van der Waals surface area (Å²) in [6.07, 6.45) is 0. The molecular formula is C27H33N5O2S. The van der Waals surface area contributed by atoms with E-state index in [1.54, 1.807) is 23.8 Å². The van der Waals surface area contributed by atoms with Crippen LogP contribution in [0.15, 0.2) is 65.8 Å². The van der Waals surface area contributed by atoms with Gasteiger partial charge in [-0.05, 0) is 30.3 Å². The number of aromatic nitrogens is 2. The van der Waals surface area contributed by atoms with Crippen LogP contribution in [0.4, 0.5) is 5.82 Å². The van der Waals surface area contributed by atoms with E-state index in [4.69, 9.17) is 14.7 Å². The van der Waals surface area contributed by atoms with Gasteiger partial charge >= 0.3 is 0 Å². The molecule has 8 heteroatoms. The lowest BCUT2D eigenvalue weighted by Gasteiger charge is -2.33. The highest BCUT2D eigenvalue weighted by molar-refractivity contribution is 7.98. The predicted molar refractivity (Wildman–Crippen MR) is 141 cm³/mol. The Labute approximate surface area is 212 Å². The average Bonchev–Trinajstić information content (AvgIpc) is 2.88. The van der Waals surface area contributed by atoms with E-state index in [-0.39, 0.29) is 5.91 Å². The number of thioether (sulfide) groups is 1. The van der Waals surface area contributed by atoms with Gasteiger partial charge in [0.25, 0.3) is 5.91 Å². The number of hydrogen-bond donors (Lipinski definition) is 0. The molecule has 1 amide bonds. The molecule has 35 heavy (non-hydrogen) atoms. The standard InChI is InChI=1S/C27H33N5O2S/c1-30-12-14-32(15-13-30)25-17-24(19-34-3)28-27(29-25)35-20-22-10-7-11-23(16-22)26(33)31(2)18-21-8-5-4-6-9-21/h4-11,16-17H,12-15,18-20H2,1-3H3. The van der Waals surface area contributed by atoms with Crippen molar-refractivity contribution in [2.24, 2.45) is 0 Å². The number of carbonyl (C=O) groups excluding carboxylic acids is 1. The molecule has 2 heterocycles. The number of methoxy groups -OCH3 is 1. The zero-order valence-electron chi connectivity index (χ0n) is 20.7. The number of piperazine rings is 1. The van der Waals surface area contributed by atoms with Crippen LogP contribution >= 0.6 is 11.8 Å². The number of carbonyl (C=O) groups is 1. The SMILES string of the molecule is COCc1cc(N2CCN(C)CC2)nc(SCc2cccc(C(=O)N(C)Cc3ccccc3)c2)n1. The quantitative estimate of drug-likeness (QED) is 0.332. The summed E-state index contributed by atoms with van der Waals surface area (Å²) in [7, 11) is 5.67. The summed E-state index contributed by atoms with van der Waals surface area (Å²) in [5, 5.41) is 0.728. The van der Waals surface area contributed by atoms with E-state index in [2.05, 4.69) is 16.8 Å². The zero-order valence-corrected chi connectivity index (χ0v) is 21.5. The van der Waals surface area contributed by atoms with Gasteiger partial charge in [0.2, 0.25) is 0 Å². The molecule has 0 saturated carbocycles. The Bertz CT molecular complexity index is 1120. The third-order valence-corrected chi connectivity index (χ3v) is 6.93. The maximum atomic E-state index is 13.0. The van der Waals surface area contributed by atoms with Crippen LogP contribution in [0.2, 0.25) is 0 Å². The number of rotatable bonds is 9. The third-order valence-electron chi connectivity index (χ3n) is 6.02. The summed E-state index contributed by atoms with van der Waals surface area (Å²) >= 11 is 1.58. The molecule has 1 aliphatic rings. The summed E-state index contributed by atoms with van der Waals surface area (Å²) in [5.41, 5.74) is 3.74. The van der Waals surface area contributed by atoms with Crippen LogP contribution in [0.3, 0.4) is 0 Å². The second-order valence-electron chi connectivity index (χ2n) is 8.86. The van der Waals surface area contributed by atoms with Crippen LogP contribution in [0, 0.1) is 0 Å². The Morgan fingerprint density at radius 3 is 2.49 bits per heavy atom. The second-order valence-corrected chi connectivity index (χ2v) is 9.80. The first kappa shape index (κ1) is 25.2. The molecule has 4 rings (SSSR count). The van der Waals surface area contributed by atoms with Crippen molar-refractivity contribution in [2.75, 3.05) is 52.3 Å². The molecule has 0 aliphatic carbocycles. The molecule has 1 aliphatic heterocycles. The van der Waals surface area contributed by atoms with Gasteiger partial charge in [-0.3, -0.25) is 4.79 Å². The summed E-state index contributed by atoms with van der Waals surface area (Å²) < 4.78 is 5.34. The van der Waals surface area contributed by atoms with Gasteiger partial charge in [0.05, 0.1) is 12.3 Å². The molecule has 184 valence electrons. The van der Waals surface area contributed by atoms with Crippen LogP contribution in [0.25, 0.3) is 0 Å². The van der Waals surface area contributed by atoms with Gasteiger partial charge in [0.15, 0.2) is 5.16 Å². The van der Waals surface area contributed by atoms with Crippen molar-refractivity contribution in [2.45, 2.75) is 24.1 Å². The number of anilines is 1. The molecule has 2 aromatic carbocycles. The van der Waals surface area contributed by atoms with E-state index in [9.17, 15) is 4.79 Å². The Kier molecular flexibility index (Phi) is 8.74. The number of benzene rings is 2. The zero-order chi connectivity index (χ0) is 24.6. The molecule has 7 nitrogen and oxygen atoms in total. The fourth-order valence-electron chi connectivity index (χ4n) is 4.03. The minimum Gasteiger partial charge on any atom is -0.378 e. The van der Waals surface area contributed by atoms with Crippen LogP contribution < -0.4 is 4.90 Å². The number of hydrogen-bond acceptors (Lipinski definition) is 7. The normalized spacial score (nSPS) is 14.2. The molecule has 0 radical (unpaired) electrons. The Morgan fingerprint density at radius 2 is 1.74 bits per heavy atom. The fourth-order valence-corrected chi connectivity index (χ4v) is 4.85. The van der Waals surface area contributed by atoms with Gasteiger partial charge in [-0.1, -0.05) is 54.2 Å². The topological polar surface area (TPSA) is 61.8 Å². The van der Waals surface area contributed by atoms with Gasteiger partial charge < -0.3 is 19.4 Å². The maximum Gasteiger partial charge on any atom is 0.253 e. The molecule has 3 aromatic rings. The highest BCUT2D eigenvalue weighted by atomic mass is 32.2. The maximum absolute atomic E-state index is 13.0. The average molecular weight is 492 g/mol. The second kappa shape index (κ2) is 12.2. The van der Waals surface area contributed by atoms with E-state index in [0.29, 0.717) is 24.5 Å². The molecular weight excluding hydrogens is 458 g/mol. The van der Waals surface area contributed by atoms with Crippen molar-refractivity contribution in [3.63, 3.8) is 0 Å². The number of likely N-dealkylation sites (N-methyl/N-ethyl adjacent to an activating group) is 1. The number of nitrogens with zero attached hydrogens (tertiary/aromatic N) is 5. The van der Waals surface area contributed by atoms with E-state index in [0.717, 1.165) is 54.0 Å². The van der Waals surface area contributed by atoms with Gasteiger partial charge in [-0.15, -0.1) is 0 Å². The largest absolute Gasteiger partial charge is 0.378 e. The van der Waals surface area contributed by atoms with Crippen molar-refractivity contribution in [1.29, 1.82) is 0 Å². The Balaban J connectivity index is 1.43. The number of amides is 1. The Morgan fingerprint density at radius 1 is 1.00 bits per heavy atom. The van der Waals surface area contributed by atoms with Crippen LogP contribution in [0.1, 0.15) is 27.2 Å². The lowest BCUT2D eigenvalue weighted by atomic mass is 10.1. The molecule has 1 saturated heterocycles. The van der Waals surface area contributed by atoms with Crippen LogP contribution in [0.5, 0.6) is 0 Å². The van der Waals surface area contributed by atoms with Gasteiger partial charge in [-0.25, -0.2) is 9.97 Å². The first-order valence-electron chi connectivity index (χ1n) is 11.8. The molecule has 0 bridgehead atoms. The summed E-state index contributed by atoms with van der Waals surface area (Å²) in [6.45, 7) is 4.97. The minimum absolute atomic E-state index is 0.0106. The monoisotopic (exact) mass is 491 g/mol. The van der Waals surface area contributed by atoms with Gasteiger partial charge in [0.1, 0.15) is 5.82 Å². The van der Waals surface area contributed by atoms with E-state index < -0.39 is 0 Å².